The molecule has 0 saturated heterocycles. The normalized spacial score (nSPS) is 10.8. The van der Waals surface area contributed by atoms with Gasteiger partial charge in [-0.2, -0.15) is 5.10 Å². The van der Waals surface area contributed by atoms with Crippen LogP contribution in [0.1, 0.15) is 5.56 Å². The highest BCUT2D eigenvalue weighted by Crippen LogP contribution is 2.14. The van der Waals surface area contributed by atoms with Crippen LogP contribution in [0.4, 0.5) is 0 Å². The number of fused-ring (bicyclic) bond motifs is 1. The third kappa shape index (κ3) is 2.87. The Morgan fingerprint density at radius 2 is 2.05 bits per heavy atom. The van der Waals surface area contributed by atoms with Crippen molar-refractivity contribution in [3.8, 4) is 0 Å². The maximum absolute atomic E-state index is 12.1. The zero-order valence-electron chi connectivity index (χ0n) is 11.6. The molecule has 3 aromatic rings. The Balaban J connectivity index is 1.70. The van der Waals surface area contributed by atoms with Crippen LogP contribution >= 0.6 is 11.6 Å². The fraction of sp³-hybridized carbons (Fsp3) is 0.133. The summed E-state index contributed by atoms with van der Waals surface area (Å²) in [6.07, 6.45) is 3.23. The molecule has 6 nitrogen and oxygen atoms in total. The molecule has 1 N–H and O–H groups in total. The van der Waals surface area contributed by atoms with Gasteiger partial charge >= 0.3 is 0 Å². The minimum atomic E-state index is -0.305. The van der Waals surface area contributed by atoms with Gasteiger partial charge in [-0.25, -0.2) is 4.68 Å². The van der Waals surface area contributed by atoms with E-state index in [0.29, 0.717) is 17.1 Å². The van der Waals surface area contributed by atoms with Gasteiger partial charge in [-0.05, 0) is 23.8 Å². The number of nitrogens with one attached hydrogen (secondary N) is 1. The summed E-state index contributed by atoms with van der Waals surface area (Å²) in [5.74, 6) is -0.301. The second kappa shape index (κ2) is 6.03. The molecule has 1 amide bonds. The molecule has 0 unspecified atom stereocenters. The number of hydrogen-bond donors (Lipinski definition) is 1. The number of amides is 1. The quantitative estimate of drug-likeness (QED) is 0.792. The van der Waals surface area contributed by atoms with Crippen molar-refractivity contribution in [2.24, 2.45) is 0 Å². The van der Waals surface area contributed by atoms with Crippen molar-refractivity contribution in [1.29, 1.82) is 0 Å². The molecule has 22 heavy (non-hydrogen) atoms. The average molecular weight is 317 g/mol. The summed E-state index contributed by atoms with van der Waals surface area (Å²) >= 11 is 6.02. The van der Waals surface area contributed by atoms with E-state index in [9.17, 15) is 9.59 Å². The van der Waals surface area contributed by atoms with Gasteiger partial charge in [-0.15, -0.1) is 0 Å². The van der Waals surface area contributed by atoms with Crippen LogP contribution in [0.15, 0.2) is 53.7 Å². The molecule has 0 radical (unpaired) electrons. The van der Waals surface area contributed by atoms with Crippen LogP contribution in [0.3, 0.4) is 0 Å². The fourth-order valence-electron chi connectivity index (χ4n) is 2.12. The lowest BCUT2D eigenvalue weighted by molar-refractivity contribution is -0.122. The summed E-state index contributed by atoms with van der Waals surface area (Å²) < 4.78 is 2.75. The van der Waals surface area contributed by atoms with E-state index in [4.69, 9.17) is 11.6 Å². The molecule has 0 aliphatic rings. The van der Waals surface area contributed by atoms with Crippen molar-refractivity contribution in [2.45, 2.75) is 13.1 Å². The topological polar surface area (TPSA) is 68.4 Å². The lowest BCUT2D eigenvalue weighted by atomic mass is 10.2. The Kier molecular flexibility index (Phi) is 3.93. The van der Waals surface area contributed by atoms with Crippen molar-refractivity contribution in [1.82, 2.24) is 19.5 Å². The highest BCUT2D eigenvalue weighted by atomic mass is 35.5. The minimum absolute atomic E-state index is 0.134. The highest BCUT2D eigenvalue weighted by molar-refractivity contribution is 6.31. The van der Waals surface area contributed by atoms with Crippen molar-refractivity contribution in [3.63, 3.8) is 0 Å². The predicted octanol–water partition coefficient (Wildman–Crippen LogP) is 1.47. The van der Waals surface area contributed by atoms with E-state index in [1.165, 1.54) is 6.33 Å². The molecule has 2 aromatic heterocycles. The van der Waals surface area contributed by atoms with E-state index in [1.807, 2.05) is 18.2 Å². The molecule has 0 aliphatic carbocycles. The van der Waals surface area contributed by atoms with Crippen LogP contribution in [-0.4, -0.2) is 20.1 Å². The van der Waals surface area contributed by atoms with Crippen LogP contribution in [0.5, 0.6) is 0 Å². The molecule has 0 saturated carbocycles. The lowest BCUT2D eigenvalue weighted by Gasteiger charge is -2.08. The smallest absolute Gasteiger partial charge is 0.291 e. The summed E-state index contributed by atoms with van der Waals surface area (Å²) in [5, 5.41) is 7.29. The van der Waals surface area contributed by atoms with Crippen LogP contribution in [-0.2, 0) is 17.9 Å². The molecular weight excluding hydrogens is 304 g/mol. The largest absolute Gasteiger partial charge is 0.350 e. The number of hydrogen-bond acceptors (Lipinski definition) is 3. The van der Waals surface area contributed by atoms with Crippen molar-refractivity contribution in [3.05, 3.63) is 69.9 Å². The number of aromatic nitrogens is 3. The van der Waals surface area contributed by atoms with E-state index >= 15 is 0 Å². The van der Waals surface area contributed by atoms with Crippen LogP contribution < -0.4 is 10.9 Å². The summed E-state index contributed by atoms with van der Waals surface area (Å²) in [5.41, 5.74) is 0.995. The second-order valence-electron chi connectivity index (χ2n) is 4.76. The first kappa shape index (κ1) is 14.3. The Morgan fingerprint density at radius 3 is 2.86 bits per heavy atom. The molecule has 1 aromatic carbocycles. The number of nitrogens with zero attached hydrogens (tertiary/aromatic N) is 3. The molecule has 2 heterocycles. The summed E-state index contributed by atoms with van der Waals surface area (Å²) in [6.45, 7) is 0.172. The molecule has 0 fully saturated rings. The molecule has 3 rings (SSSR count). The Bertz CT molecular complexity index is 884. The molecule has 112 valence electrons. The zero-order valence-corrected chi connectivity index (χ0v) is 12.3. The number of rotatable bonds is 4. The summed E-state index contributed by atoms with van der Waals surface area (Å²) in [7, 11) is 0. The van der Waals surface area contributed by atoms with Gasteiger partial charge in [0.2, 0.25) is 5.91 Å². The first-order valence-electron chi connectivity index (χ1n) is 6.68. The molecule has 0 bridgehead atoms. The second-order valence-corrected chi connectivity index (χ2v) is 5.17. The van der Waals surface area contributed by atoms with E-state index in [1.54, 1.807) is 28.8 Å². The first-order valence-corrected chi connectivity index (χ1v) is 7.06. The standard InChI is InChI=1S/C15H13ClN4O2/c16-12-5-2-1-4-11(12)8-17-14(21)9-20-15(22)13-6-3-7-19(13)10-18-20/h1-7,10H,8-9H2,(H,17,21). The monoisotopic (exact) mass is 316 g/mol. The van der Waals surface area contributed by atoms with Gasteiger partial charge in [0.25, 0.3) is 5.56 Å². The Morgan fingerprint density at radius 1 is 1.23 bits per heavy atom. The van der Waals surface area contributed by atoms with Gasteiger partial charge in [-0.3, -0.25) is 9.59 Å². The van der Waals surface area contributed by atoms with Crippen molar-refractivity contribution >= 4 is 23.0 Å². The van der Waals surface area contributed by atoms with E-state index < -0.39 is 0 Å². The van der Waals surface area contributed by atoms with Crippen LogP contribution in [0.25, 0.3) is 5.52 Å². The summed E-state index contributed by atoms with van der Waals surface area (Å²) in [4.78, 5) is 24.1. The van der Waals surface area contributed by atoms with Crippen LogP contribution in [0.2, 0.25) is 5.02 Å². The van der Waals surface area contributed by atoms with E-state index in [-0.39, 0.29) is 18.0 Å². The number of carbonyl (C=O) groups excluding carboxylic acids is 1. The van der Waals surface area contributed by atoms with Gasteiger partial charge < -0.3 is 9.72 Å². The molecule has 0 atom stereocenters. The Hall–Kier alpha value is -2.60. The van der Waals surface area contributed by atoms with E-state index in [2.05, 4.69) is 10.4 Å². The van der Waals surface area contributed by atoms with Gasteiger partial charge in [0.15, 0.2) is 0 Å². The van der Waals surface area contributed by atoms with Gasteiger partial charge in [0.05, 0.1) is 0 Å². The maximum Gasteiger partial charge on any atom is 0.291 e. The van der Waals surface area contributed by atoms with Gasteiger partial charge in [0.1, 0.15) is 18.4 Å². The summed E-state index contributed by atoms with van der Waals surface area (Å²) in [6, 6.07) is 10.7. The van der Waals surface area contributed by atoms with E-state index in [0.717, 1.165) is 10.2 Å². The highest BCUT2D eigenvalue weighted by Gasteiger charge is 2.09. The molecule has 0 aliphatic heterocycles. The van der Waals surface area contributed by atoms with Gasteiger partial charge in [0, 0.05) is 17.8 Å². The minimum Gasteiger partial charge on any atom is -0.350 e. The van der Waals surface area contributed by atoms with Gasteiger partial charge in [-0.1, -0.05) is 29.8 Å². The molecular formula is C15H13ClN4O2. The fourth-order valence-corrected chi connectivity index (χ4v) is 2.32. The third-order valence-corrected chi connectivity index (χ3v) is 3.64. The van der Waals surface area contributed by atoms with Crippen molar-refractivity contribution < 1.29 is 4.79 Å². The first-order chi connectivity index (χ1) is 10.6. The number of halogens is 1. The Labute approximate surface area is 130 Å². The van der Waals surface area contributed by atoms with Crippen molar-refractivity contribution in [2.75, 3.05) is 0 Å². The zero-order chi connectivity index (χ0) is 15.5. The maximum atomic E-state index is 12.1. The molecule has 0 spiro atoms. The average Bonchev–Trinajstić information content (AvgIpc) is 2.99. The third-order valence-electron chi connectivity index (χ3n) is 3.28. The molecule has 7 heteroatoms. The predicted molar refractivity (Wildman–Crippen MR) is 82.8 cm³/mol. The SMILES string of the molecule is O=C(Cn1ncn2cccc2c1=O)NCc1ccccc1Cl. The lowest BCUT2D eigenvalue weighted by Crippen LogP contribution is -2.33. The van der Waals surface area contributed by atoms with Crippen LogP contribution in [0, 0.1) is 0 Å². The number of benzene rings is 1. The number of carbonyl (C=O) groups is 1.